The number of nitrogens with zero attached hydrogens (tertiary/aromatic N) is 2. The molecule has 1 aromatic heterocycles. The van der Waals surface area contributed by atoms with E-state index in [-0.39, 0.29) is 6.42 Å². The van der Waals surface area contributed by atoms with Crippen molar-refractivity contribution in [2.45, 2.75) is 26.4 Å². The first-order valence-corrected chi connectivity index (χ1v) is 6.16. The highest BCUT2D eigenvalue weighted by molar-refractivity contribution is 5.79. The number of carbonyl (C=O) groups excluding carboxylic acids is 1. The van der Waals surface area contributed by atoms with Gasteiger partial charge in [0.25, 0.3) is 0 Å². The van der Waals surface area contributed by atoms with Crippen molar-refractivity contribution in [1.82, 2.24) is 14.9 Å². The highest BCUT2D eigenvalue weighted by atomic mass is 19.4. The highest BCUT2D eigenvalue weighted by Crippen LogP contribution is 2.17. The molecular weight excluding hydrogens is 291 g/mol. The fourth-order valence-corrected chi connectivity index (χ4v) is 1.91. The molecule has 0 aromatic carbocycles. The van der Waals surface area contributed by atoms with Crippen LogP contribution in [0.1, 0.15) is 17.0 Å². The summed E-state index contributed by atoms with van der Waals surface area (Å²) in [7, 11) is 0. The van der Waals surface area contributed by atoms with Crippen LogP contribution in [-0.2, 0) is 11.2 Å². The number of aliphatic hydroxyl groups is 1. The fourth-order valence-electron chi connectivity index (χ4n) is 1.91. The quantitative estimate of drug-likeness (QED) is 0.820. The van der Waals surface area contributed by atoms with Crippen LogP contribution in [0.4, 0.5) is 13.2 Å². The van der Waals surface area contributed by atoms with Gasteiger partial charge in [-0.15, -0.1) is 0 Å². The molecule has 0 bridgehead atoms. The number of carbonyl (C=O) groups is 1. The van der Waals surface area contributed by atoms with Gasteiger partial charge in [0.05, 0.1) is 13.0 Å². The Balaban J connectivity index is 2.94. The molecule has 21 heavy (non-hydrogen) atoms. The third-order valence-electron chi connectivity index (χ3n) is 2.87. The maximum atomic E-state index is 12.4. The lowest BCUT2D eigenvalue weighted by atomic mass is 10.1. The van der Waals surface area contributed by atoms with Crippen LogP contribution in [0, 0.1) is 13.8 Å². The molecule has 0 aliphatic heterocycles. The van der Waals surface area contributed by atoms with Gasteiger partial charge in [0, 0.05) is 23.5 Å². The molecule has 2 N–H and O–H groups in total. The predicted molar refractivity (Wildman–Crippen MR) is 67.8 cm³/mol. The zero-order valence-electron chi connectivity index (χ0n) is 11.6. The molecule has 0 saturated carbocycles. The number of amides is 1. The molecule has 1 heterocycles. The lowest BCUT2D eigenvalue weighted by molar-refractivity contribution is -0.161. The summed E-state index contributed by atoms with van der Waals surface area (Å²) < 4.78 is 37.2. The van der Waals surface area contributed by atoms with E-state index in [9.17, 15) is 22.8 Å². The topological polar surface area (TPSA) is 86.3 Å². The molecule has 0 spiro atoms. The second-order valence-electron chi connectivity index (χ2n) is 4.56. The summed E-state index contributed by atoms with van der Waals surface area (Å²) in [5.41, 5.74) is 0.478. The van der Waals surface area contributed by atoms with Crippen LogP contribution in [0.15, 0.2) is 4.79 Å². The van der Waals surface area contributed by atoms with Gasteiger partial charge in [-0.2, -0.15) is 18.2 Å². The van der Waals surface area contributed by atoms with E-state index in [1.807, 2.05) is 0 Å². The molecule has 1 aromatic rings. The smallest absolute Gasteiger partial charge is 0.395 e. The van der Waals surface area contributed by atoms with Crippen molar-refractivity contribution in [2.24, 2.45) is 0 Å². The average Bonchev–Trinajstić information content (AvgIpc) is 2.31. The van der Waals surface area contributed by atoms with E-state index in [0.29, 0.717) is 21.9 Å². The minimum atomic E-state index is -4.54. The fraction of sp³-hybridized carbons (Fsp3) is 0.583. The second-order valence-corrected chi connectivity index (χ2v) is 4.56. The maximum absolute atomic E-state index is 12.4. The number of hydrogen-bond acceptors (Lipinski definition) is 4. The monoisotopic (exact) mass is 307 g/mol. The van der Waals surface area contributed by atoms with Crippen molar-refractivity contribution in [2.75, 3.05) is 19.7 Å². The zero-order valence-corrected chi connectivity index (χ0v) is 11.6. The first-order chi connectivity index (χ1) is 9.64. The Labute approximate surface area is 118 Å². The van der Waals surface area contributed by atoms with E-state index >= 15 is 0 Å². The number of nitrogens with one attached hydrogen (secondary N) is 1. The third kappa shape index (κ3) is 5.18. The molecule has 0 saturated heterocycles. The van der Waals surface area contributed by atoms with Crippen molar-refractivity contribution in [1.29, 1.82) is 0 Å². The Morgan fingerprint density at radius 1 is 1.38 bits per heavy atom. The summed E-state index contributed by atoms with van der Waals surface area (Å²) >= 11 is 0. The first-order valence-electron chi connectivity index (χ1n) is 6.16. The van der Waals surface area contributed by atoms with Crippen molar-refractivity contribution in [3.63, 3.8) is 0 Å². The van der Waals surface area contributed by atoms with Crippen LogP contribution in [0.3, 0.4) is 0 Å². The molecule has 0 unspecified atom stereocenters. The van der Waals surface area contributed by atoms with Crippen LogP contribution in [0.5, 0.6) is 0 Å². The number of hydrogen-bond donors (Lipinski definition) is 2. The molecule has 0 atom stereocenters. The summed E-state index contributed by atoms with van der Waals surface area (Å²) in [4.78, 5) is 29.6. The number of aliphatic hydroxyl groups excluding tert-OH is 1. The number of aromatic nitrogens is 2. The van der Waals surface area contributed by atoms with E-state index in [1.54, 1.807) is 6.92 Å². The summed E-state index contributed by atoms with van der Waals surface area (Å²) in [5, 5.41) is 8.77. The molecule has 0 radical (unpaired) electrons. The van der Waals surface area contributed by atoms with Crippen LogP contribution in [0.2, 0.25) is 0 Å². The van der Waals surface area contributed by atoms with Crippen LogP contribution in [-0.4, -0.2) is 51.8 Å². The molecule has 0 aliphatic carbocycles. The van der Waals surface area contributed by atoms with E-state index in [2.05, 4.69) is 9.97 Å². The highest BCUT2D eigenvalue weighted by Gasteiger charge is 2.33. The minimum Gasteiger partial charge on any atom is -0.395 e. The zero-order chi connectivity index (χ0) is 16.2. The van der Waals surface area contributed by atoms with Gasteiger partial charge in [0.2, 0.25) is 5.91 Å². The standard InChI is InChI=1S/C12H16F3N3O3/c1-7-9(8(2)17-11(21)16-7)5-10(20)18(3-4-19)6-12(13,14)15/h19H,3-6H2,1-2H3,(H,16,17,21). The van der Waals surface area contributed by atoms with Gasteiger partial charge in [-0.3, -0.25) is 4.79 Å². The largest absolute Gasteiger partial charge is 0.406 e. The number of H-pyrrole nitrogens is 1. The second kappa shape index (κ2) is 6.70. The van der Waals surface area contributed by atoms with Crippen LogP contribution < -0.4 is 5.69 Å². The number of alkyl halides is 3. The van der Waals surface area contributed by atoms with Gasteiger partial charge in [0.15, 0.2) is 0 Å². The van der Waals surface area contributed by atoms with E-state index in [0.717, 1.165) is 0 Å². The average molecular weight is 307 g/mol. The Bertz CT molecular complexity index is 543. The summed E-state index contributed by atoms with van der Waals surface area (Å²) in [6.07, 6.45) is -4.87. The number of halogens is 3. The third-order valence-corrected chi connectivity index (χ3v) is 2.87. The Kier molecular flexibility index (Phi) is 5.47. The van der Waals surface area contributed by atoms with Gasteiger partial charge in [0.1, 0.15) is 6.54 Å². The number of aromatic amines is 1. The molecule has 0 aliphatic rings. The molecule has 6 nitrogen and oxygen atoms in total. The lowest BCUT2D eigenvalue weighted by Gasteiger charge is -2.23. The molecule has 0 fully saturated rings. The van der Waals surface area contributed by atoms with Gasteiger partial charge >= 0.3 is 11.9 Å². The number of rotatable bonds is 5. The Morgan fingerprint density at radius 3 is 2.48 bits per heavy atom. The van der Waals surface area contributed by atoms with Crippen LogP contribution >= 0.6 is 0 Å². The van der Waals surface area contributed by atoms with E-state index < -0.39 is 37.5 Å². The van der Waals surface area contributed by atoms with Gasteiger partial charge in [-0.05, 0) is 13.8 Å². The first kappa shape index (κ1) is 17.2. The molecule has 9 heteroatoms. The van der Waals surface area contributed by atoms with Gasteiger partial charge in [-0.1, -0.05) is 0 Å². The molecular formula is C12H16F3N3O3. The molecule has 118 valence electrons. The van der Waals surface area contributed by atoms with Gasteiger partial charge in [-0.25, -0.2) is 4.79 Å². The predicted octanol–water partition coefficient (Wildman–Crippen LogP) is 0.312. The van der Waals surface area contributed by atoms with Crippen molar-refractivity contribution in [3.05, 3.63) is 27.4 Å². The van der Waals surface area contributed by atoms with Crippen molar-refractivity contribution >= 4 is 5.91 Å². The number of aryl methyl sites for hydroxylation is 2. The molecule has 1 amide bonds. The van der Waals surface area contributed by atoms with Gasteiger partial charge < -0.3 is 15.0 Å². The Hall–Kier alpha value is -1.90. The molecule has 1 rings (SSSR count). The minimum absolute atomic E-state index is 0.292. The normalized spacial score (nSPS) is 11.5. The summed E-state index contributed by atoms with van der Waals surface area (Å²) in [6.45, 7) is 0.641. The summed E-state index contributed by atoms with van der Waals surface area (Å²) in [6, 6.07) is 0. The summed E-state index contributed by atoms with van der Waals surface area (Å²) in [5.74, 6) is -0.790. The SMILES string of the molecule is Cc1nc(=O)[nH]c(C)c1CC(=O)N(CCO)CC(F)(F)F. The van der Waals surface area contributed by atoms with Crippen LogP contribution in [0.25, 0.3) is 0 Å². The van der Waals surface area contributed by atoms with Crippen molar-refractivity contribution in [3.8, 4) is 0 Å². The lowest BCUT2D eigenvalue weighted by Crippen LogP contribution is -2.41. The van der Waals surface area contributed by atoms with Crippen molar-refractivity contribution < 1.29 is 23.1 Å². The maximum Gasteiger partial charge on any atom is 0.406 e. The Morgan fingerprint density at radius 2 is 2.00 bits per heavy atom. The van der Waals surface area contributed by atoms with E-state index in [4.69, 9.17) is 5.11 Å². The van der Waals surface area contributed by atoms with E-state index in [1.165, 1.54) is 6.92 Å².